The fourth-order valence-corrected chi connectivity index (χ4v) is 2.84. The molecule has 2 amide bonds. The van der Waals surface area contributed by atoms with Crippen LogP contribution in [0.4, 0.5) is 11.4 Å². The zero-order chi connectivity index (χ0) is 15.7. The van der Waals surface area contributed by atoms with E-state index in [0.717, 1.165) is 18.8 Å². The molecule has 0 bridgehead atoms. The van der Waals surface area contributed by atoms with Gasteiger partial charge in [-0.25, -0.2) is 4.90 Å². The average molecular weight is 294 g/mol. The Hall–Kier alpha value is -2.62. The summed E-state index contributed by atoms with van der Waals surface area (Å²) in [5.41, 5.74) is 2.58. The molecule has 0 radical (unpaired) electrons. The van der Waals surface area contributed by atoms with E-state index in [2.05, 4.69) is 18.7 Å². The molecule has 0 saturated carbocycles. The van der Waals surface area contributed by atoms with Crippen molar-refractivity contribution in [3.05, 3.63) is 59.7 Å². The Morgan fingerprint density at radius 3 is 2.00 bits per heavy atom. The van der Waals surface area contributed by atoms with Gasteiger partial charge in [0, 0.05) is 18.8 Å². The van der Waals surface area contributed by atoms with Gasteiger partial charge in [-0.05, 0) is 44.2 Å². The predicted molar refractivity (Wildman–Crippen MR) is 87.6 cm³/mol. The molecular formula is C18H18N2O2. The van der Waals surface area contributed by atoms with Crippen molar-refractivity contribution in [3.8, 4) is 0 Å². The second-order valence-corrected chi connectivity index (χ2v) is 5.18. The first-order valence-corrected chi connectivity index (χ1v) is 7.50. The van der Waals surface area contributed by atoms with Crippen molar-refractivity contribution in [2.24, 2.45) is 0 Å². The third-order valence-corrected chi connectivity index (χ3v) is 4.01. The van der Waals surface area contributed by atoms with Crippen LogP contribution in [-0.4, -0.2) is 24.9 Å². The van der Waals surface area contributed by atoms with Gasteiger partial charge in [0.25, 0.3) is 11.8 Å². The highest BCUT2D eigenvalue weighted by atomic mass is 16.2. The van der Waals surface area contributed by atoms with Gasteiger partial charge in [-0.15, -0.1) is 0 Å². The summed E-state index contributed by atoms with van der Waals surface area (Å²) < 4.78 is 0. The van der Waals surface area contributed by atoms with Crippen molar-refractivity contribution < 1.29 is 9.59 Å². The lowest BCUT2D eigenvalue weighted by atomic mass is 10.1. The van der Waals surface area contributed by atoms with E-state index in [4.69, 9.17) is 0 Å². The average Bonchev–Trinajstić information content (AvgIpc) is 2.81. The Morgan fingerprint density at radius 2 is 1.45 bits per heavy atom. The summed E-state index contributed by atoms with van der Waals surface area (Å²) in [5.74, 6) is -0.505. The van der Waals surface area contributed by atoms with Crippen LogP contribution in [0.2, 0.25) is 0 Å². The Bertz CT molecular complexity index is 700. The number of hydrogen-bond donors (Lipinski definition) is 0. The van der Waals surface area contributed by atoms with Crippen LogP contribution in [0.3, 0.4) is 0 Å². The first kappa shape index (κ1) is 14.3. The van der Waals surface area contributed by atoms with Gasteiger partial charge in [-0.2, -0.15) is 0 Å². The van der Waals surface area contributed by atoms with Gasteiger partial charge in [-0.1, -0.05) is 18.2 Å². The molecular weight excluding hydrogens is 276 g/mol. The molecule has 1 heterocycles. The molecule has 0 saturated heterocycles. The van der Waals surface area contributed by atoms with Crippen LogP contribution in [0.15, 0.2) is 48.5 Å². The number of imide groups is 1. The maximum Gasteiger partial charge on any atom is 0.266 e. The number of anilines is 2. The summed E-state index contributed by atoms with van der Waals surface area (Å²) in [6.45, 7) is 5.92. The monoisotopic (exact) mass is 294 g/mol. The topological polar surface area (TPSA) is 40.6 Å². The van der Waals surface area contributed by atoms with Crippen LogP contribution >= 0.6 is 0 Å². The third-order valence-electron chi connectivity index (χ3n) is 4.01. The third kappa shape index (κ3) is 2.17. The van der Waals surface area contributed by atoms with Crippen LogP contribution in [0.5, 0.6) is 0 Å². The molecule has 0 unspecified atom stereocenters. The number of fused-ring (bicyclic) bond motifs is 1. The fourth-order valence-electron chi connectivity index (χ4n) is 2.84. The molecule has 2 aromatic carbocycles. The normalized spacial score (nSPS) is 13.5. The first-order valence-electron chi connectivity index (χ1n) is 7.50. The van der Waals surface area contributed by atoms with E-state index in [9.17, 15) is 9.59 Å². The van der Waals surface area contributed by atoms with E-state index in [1.807, 2.05) is 18.2 Å². The summed E-state index contributed by atoms with van der Waals surface area (Å²) in [6, 6.07) is 14.5. The zero-order valence-electron chi connectivity index (χ0n) is 12.7. The van der Waals surface area contributed by atoms with E-state index in [0.29, 0.717) is 16.8 Å². The summed E-state index contributed by atoms with van der Waals surface area (Å²) in [6.07, 6.45) is 0. The minimum absolute atomic E-state index is 0.253. The van der Waals surface area contributed by atoms with Gasteiger partial charge < -0.3 is 4.90 Å². The van der Waals surface area contributed by atoms with Crippen LogP contribution < -0.4 is 9.80 Å². The molecule has 112 valence electrons. The van der Waals surface area contributed by atoms with Crippen molar-refractivity contribution >= 4 is 23.2 Å². The Kier molecular flexibility index (Phi) is 3.67. The maximum atomic E-state index is 12.5. The number of amides is 2. The number of rotatable bonds is 4. The summed E-state index contributed by atoms with van der Waals surface area (Å²) in [4.78, 5) is 28.5. The van der Waals surface area contributed by atoms with Crippen molar-refractivity contribution in [1.29, 1.82) is 0 Å². The molecule has 0 spiro atoms. The Labute approximate surface area is 130 Å². The number of benzene rings is 2. The van der Waals surface area contributed by atoms with Crippen molar-refractivity contribution in [2.75, 3.05) is 22.9 Å². The van der Waals surface area contributed by atoms with Crippen LogP contribution in [-0.2, 0) is 0 Å². The van der Waals surface area contributed by atoms with Gasteiger partial charge in [0.15, 0.2) is 0 Å². The minimum atomic E-state index is -0.253. The lowest BCUT2D eigenvalue weighted by Crippen LogP contribution is -2.30. The van der Waals surface area contributed by atoms with E-state index in [1.165, 1.54) is 4.90 Å². The van der Waals surface area contributed by atoms with Crippen molar-refractivity contribution in [3.63, 3.8) is 0 Å². The van der Waals surface area contributed by atoms with Gasteiger partial charge in [0.1, 0.15) is 0 Å². The van der Waals surface area contributed by atoms with Gasteiger partial charge in [-0.3, -0.25) is 9.59 Å². The first-order chi connectivity index (χ1) is 10.7. The van der Waals surface area contributed by atoms with Gasteiger partial charge in [0.2, 0.25) is 0 Å². The molecule has 0 aromatic heterocycles. The highest BCUT2D eigenvalue weighted by molar-refractivity contribution is 6.34. The lowest BCUT2D eigenvalue weighted by Gasteiger charge is -2.23. The molecule has 4 heteroatoms. The van der Waals surface area contributed by atoms with Crippen LogP contribution in [0, 0.1) is 0 Å². The number of nitrogens with zero attached hydrogens (tertiary/aromatic N) is 2. The lowest BCUT2D eigenvalue weighted by molar-refractivity contribution is 0.0926. The number of hydrogen-bond acceptors (Lipinski definition) is 3. The summed E-state index contributed by atoms with van der Waals surface area (Å²) in [7, 11) is 0. The second kappa shape index (κ2) is 5.64. The molecule has 4 nitrogen and oxygen atoms in total. The Morgan fingerprint density at radius 1 is 0.864 bits per heavy atom. The van der Waals surface area contributed by atoms with Crippen molar-refractivity contribution in [1.82, 2.24) is 0 Å². The molecule has 1 aliphatic rings. The van der Waals surface area contributed by atoms with Gasteiger partial charge in [0.05, 0.1) is 16.8 Å². The zero-order valence-corrected chi connectivity index (χ0v) is 12.7. The molecule has 1 aliphatic heterocycles. The standard InChI is InChI=1S/C18H18N2O2/c1-3-19(4-2)13-8-7-9-14(12-13)20-17(21)15-10-5-6-11-16(15)18(20)22/h5-12H,3-4H2,1-2H3. The fraction of sp³-hybridized carbons (Fsp3) is 0.222. The molecule has 2 aromatic rings. The smallest absolute Gasteiger partial charge is 0.266 e. The second-order valence-electron chi connectivity index (χ2n) is 5.18. The molecule has 0 aliphatic carbocycles. The number of carbonyl (C=O) groups excluding carboxylic acids is 2. The largest absolute Gasteiger partial charge is 0.372 e. The predicted octanol–water partition coefficient (Wildman–Crippen LogP) is 3.33. The highest BCUT2D eigenvalue weighted by Gasteiger charge is 2.36. The summed E-state index contributed by atoms with van der Waals surface area (Å²) in [5, 5.41) is 0. The quantitative estimate of drug-likeness (QED) is 0.812. The Balaban J connectivity index is 2.01. The molecule has 3 rings (SSSR count). The van der Waals surface area contributed by atoms with Gasteiger partial charge >= 0.3 is 0 Å². The molecule has 22 heavy (non-hydrogen) atoms. The maximum absolute atomic E-state index is 12.5. The van der Waals surface area contributed by atoms with Crippen LogP contribution in [0.1, 0.15) is 34.6 Å². The summed E-state index contributed by atoms with van der Waals surface area (Å²) >= 11 is 0. The van der Waals surface area contributed by atoms with E-state index in [-0.39, 0.29) is 11.8 Å². The number of carbonyl (C=O) groups is 2. The minimum Gasteiger partial charge on any atom is -0.372 e. The molecule has 0 atom stereocenters. The SMILES string of the molecule is CCN(CC)c1cccc(N2C(=O)c3ccccc3C2=O)c1. The molecule has 0 N–H and O–H groups in total. The van der Waals surface area contributed by atoms with E-state index in [1.54, 1.807) is 30.3 Å². The van der Waals surface area contributed by atoms with E-state index < -0.39 is 0 Å². The highest BCUT2D eigenvalue weighted by Crippen LogP contribution is 2.30. The molecule has 0 fully saturated rings. The van der Waals surface area contributed by atoms with E-state index >= 15 is 0 Å². The van der Waals surface area contributed by atoms with Crippen LogP contribution in [0.25, 0.3) is 0 Å². The van der Waals surface area contributed by atoms with Crippen molar-refractivity contribution in [2.45, 2.75) is 13.8 Å².